The summed E-state index contributed by atoms with van der Waals surface area (Å²) in [7, 11) is 3.85. The van der Waals surface area contributed by atoms with E-state index in [1.807, 2.05) is 34.9 Å². The van der Waals surface area contributed by atoms with Gasteiger partial charge in [0, 0.05) is 30.8 Å². The molecule has 21 heavy (non-hydrogen) atoms. The van der Waals surface area contributed by atoms with Crippen molar-refractivity contribution in [3.63, 3.8) is 0 Å². The van der Waals surface area contributed by atoms with E-state index >= 15 is 0 Å². The number of carboxylic acids is 1. The number of amides is 1. The number of aliphatic hydroxyl groups excluding tert-OH is 1. The van der Waals surface area contributed by atoms with Crippen LogP contribution < -0.4 is 10.4 Å². The third-order valence-electron chi connectivity index (χ3n) is 3.83. The van der Waals surface area contributed by atoms with Gasteiger partial charge in [-0.1, -0.05) is 20.8 Å². The van der Waals surface area contributed by atoms with Crippen molar-refractivity contribution in [2.45, 2.75) is 46.1 Å². The maximum atomic E-state index is 11.9. The monoisotopic (exact) mass is 302 g/mol. The van der Waals surface area contributed by atoms with E-state index in [0.29, 0.717) is 17.6 Å². The molecular weight excluding hydrogens is 272 g/mol. The number of carbonyl (C=O) groups is 2. The molecule has 0 aromatic carbocycles. The number of aliphatic hydroxyl groups is 1. The Morgan fingerprint density at radius 1 is 1.33 bits per heavy atom. The van der Waals surface area contributed by atoms with E-state index < -0.39 is 12.1 Å². The molecule has 0 heterocycles. The van der Waals surface area contributed by atoms with Gasteiger partial charge in [-0.05, 0) is 6.42 Å². The molecule has 0 spiro atoms. The minimum atomic E-state index is -1.24. The number of hydrogen-bond donors (Lipinski definition) is 2. The maximum Gasteiger partial charge on any atom is 0.225 e. The molecule has 0 aromatic heterocycles. The predicted octanol–water partition coefficient (Wildman–Crippen LogP) is -0.494. The van der Waals surface area contributed by atoms with Gasteiger partial charge in [-0.2, -0.15) is 0 Å². The second-order valence-corrected chi connectivity index (χ2v) is 6.92. The number of nitrogens with one attached hydrogen (secondary N) is 1. The van der Waals surface area contributed by atoms with Crippen molar-refractivity contribution in [2.75, 3.05) is 33.7 Å². The topological polar surface area (TPSA) is 89.5 Å². The van der Waals surface area contributed by atoms with Gasteiger partial charge in [0.1, 0.15) is 12.6 Å². The summed E-state index contributed by atoms with van der Waals surface area (Å²) in [6.07, 6.45) is 0.314. The Morgan fingerprint density at radius 3 is 2.38 bits per heavy atom. The highest BCUT2D eigenvalue weighted by Crippen LogP contribution is 2.19. The first-order valence-electron chi connectivity index (χ1n) is 7.48. The summed E-state index contributed by atoms with van der Waals surface area (Å²) < 4.78 is 0.501. The van der Waals surface area contributed by atoms with E-state index in [1.165, 1.54) is 0 Å². The van der Waals surface area contributed by atoms with Gasteiger partial charge in [0.25, 0.3) is 0 Å². The highest BCUT2D eigenvalue weighted by Gasteiger charge is 2.25. The first kappa shape index (κ1) is 19.9. The average Bonchev–Trinajstić information content (AvgIpc) is 2.32. The van der Waals surface area contributed by atoms with Gasteiger partial charge in [0.2, 0.25) is 5.91 Å². The molecule has 124 valence electrons. The zero-order valence-electron chi connectivity index (χ0n) is 13.9. The van der Waals surface area contributed by atoms with Crippen molar-refractivity contribution in [3.8, 4) is 0 Å². The summed E-state index contributed by atoms with van der Waals surface area (Å²) in [4.78, 5) is 22.3. The predicted molar refractivity (Wildman–Crippen MR) is 79.2 cm³/mol. The lowest BCUT2D eigenvalue weighted by Gasteiger charge is -2.32. The molecule has 0 saturated heterocycles. The lowest BCUT2D eigenvalue weighted by atomic mass is 9.89. The normalized spacial score (nSPS) is 13.8. The number of nitrogens with zero attached hydrogens (tertiary/aromatic N) is 1. The van der Waals surface area contributed by atoms with Gasteiger partial charge < -0.3 is 24.8 Å². The molecule has 1 unspecified atom stereocenters. The minimum Gasteiger partial charge on any atom is -0.550 e. The Balaban J connectivity index is 4.05. The summed E-state index contributed by atoms with van der Waals surface area (Å²) in [5.74, 6) is -1.19. The zero-order chi connectivity index (χ0) is 16.7. The third kappa shape index (κ3) is 8.67. The Morgan fingerprint density at radius 2 is 1.90 bits per heavy atom. The summed E-state index contributed by atoms with van der Waals surface area (Å²) in [6.45, 7) is 7.50. The second-order valence-electron chi connectivity index (χ2n) is 6.92. The minimum absolute atomic E-state index is 0.0484. The van der Waals surface area contributed by atoms with Gasteiger partial charge in [-0.15, -0.1) is 0 Å². The largest absolute Gasteiger partial charge is 0.550 e. The molecule has 6 nitrogen and oxygen atoms in total. The van der Waals surface area contributed by atoms with Crippen molar-refractivity contribution >= 4 is 11.9 Å². The molecule has 1 amide bonds. The molecule has 0 rings (SSSR count). The van der Waals surface area contributed by atoms with Crippen LogP contribution in [0, 0.1) is 5.41 Å². The number of hydrogen-bond acceptors (Lipinski definition) is 4. The van der Waals surface area contributed by atoms with Gasteiger partial charge in [0.15, 0.2) is 0 Å². The van der Waals surface area contributed by atoms with Gasteiger partial charge in [-0.3, -0.25) is 4.79 Å². The maximum absolute atomic E-state index is 11.9. The van der Waals surface area contributed by atoms with E-state index in [1.54, 1.807) is 0 Å². The quantitative estimate of drug-likeness (QED) is 0.421. The van der Waals surface area contributed by atoms with Crippen LogP contribution in [-0.4, -0.2) is 61.3 Å². The van der Waals surface area contributed by atoms with Crippen LogP contribution in [-0.2, 0) is 9.59 Å². The highest BCUT2D eigenvalue weighted by atomic mass is 16.4. The summed E-state index contributed by atoms with van der Waals surface area (Å²) in [5.41, 5.74) is -0.352. The third-order valence-corrected chi connectivity index (χ3v) is 3.83. The Labute approximate surface area is 127 Å². The fourth-order valence-electron chi connectivity index (χ4n) is 2.03. The number of likely N-dealkylation sites (N-methyl/N-ethyl adjacent to an activating group) is 1. The Kier molecular flexibility index (Phi) is 7.89. The number of quaternary nitrogens is 1. The number of rotatable bonds is 10. The lowest BCUT2D eigenvalue weighted by Crippen LogP contribution is -2.48. The molecule has 0 aromatic rings. The van der Waals surface area contributed by atoms with Gasteiger partial charge in [-0.25, -0.2) is 0 Å². The fourth-order valence-corrected chi connectivity index (χ4v) is 2.03. The second kappa shape index (κ2) is 8.34. The van der Waals surface area contributed by atoms with Gasteiger partial charge in [0.05, 0.1) is 20.6 Å². The van der Waals surface area contributed by atoms with Crippen molar-refractivity contribution in [1.82, 2.24) is 5.32 Å². The summed E-state index contributed by atoms with van der Waals surface area (Å²) >= 11 is 0. The number of carbonyl (C=O) groups excluding carboxylic acids is 2. The van der Waals surface area contributed by atoms with Crippen LogP contribution in [0.5, 0.6) is 0 Å². The van der Waals surface area contributed by atoms with Crippen LogP contribution in [0.15, 0.2) is 0 Å². The van der Waals surface area contributed by atoms with E-state index in [2.05, 4.69) is 5.32 Å². The van der Waals surface area contributed by atoms with Crippen LogP contribution in [0.25, 0.3) is 0 Å². The van der Waals surface area contributed by atoms with Crippen molar-refractivity contribution < 1.29 is 24.3 Å². The van der Waals surface area contributed by atoms with Crippen molar-refractivity contribution in [1.29, 1.82) is 0 Å². The summed E-state index contributed by atoms with van der Waals surface area (Å²) in [6, 6.07) is 0. The number of carboxylic acid groups (broad SMARTS) is 1. The van der Waals surface area contributed by atoms with Crippen molar-refractivity contribution in [2.24, 2.45) is 5.41 Å². The molecule has 0 fully saturated rings. The van der Waals surface area contributed by atoms with E-state index in [9.17, 15) is 19.8 Å². The van der Waals surface area contributed by atoms with E-state index in [-0.39, 0.29) is 17.7 Å². The molecular formula is C15H30N2O4. The van der Waals surface area contributed by atoms with Crippen LogP contribution in [0.1, 0.15) is 40.0 Å². The zero-order valence-corrected chi connectivity index (χ0v) is 13.9. The van der Waals surface area contributed by atoms with Crippen LogP contribution >= 0.6 is 0 Å². The molecule has 6 heteroatoms. The summed E-state index contributed by atoms with van der Waals surface area (Å²) in [5, 5.41) is 23.0. The van der Waals surface area contributed by atoms with E-state index in [0.717, 1.165) is 19.4 Å². The van der Waals surface area contributed by atoms with Crippen LogP contribution in [0.3, 0.4) is 0 Å². The number of aliphatic carboxylic acids is 1. The van der Waals surface area contributed by atoms with Crippen LogP contribution in [0.4, 0.5) is 0 Å². The molecule has 1 atom stereocenters. The highest BCUT2D eigenvalue weighted by molar-refractivity contribution is 5.81. The fraction of sp³-hybridized carbons (Fsp3) is 0.867. The van der Waals surface area contributed by atoms with Crippen LogP contribution in [0.2, 0.25) is 0 Å². The molecule has 0 aliphatic rings. The first-order valence-corrected chi connectivity index (χ1v) is 7.48. The lowest BCUT2D eigenvalue weighted by molar-refractivity contribution is -0.893. The Hall–Kier alpha value is -1.14. The van der Waals surface area contributed by atoms with E-state index in [4.69, 9.17) is 0 Å². The molecule has 0 radical (unpaired) electrons. The van der Waals surface area contributed by atoms with Crippen molar-refractivity contribution in [3.05, 3.63) is 0 Å². The smallest absolute Gasteiger partial charge is 0.225 e. The molecule has 2 N–H and O–H groups in total. The average molecular weight is 302 g/mol. The SMILES string of the molecule is CCC(C)(C)C(=O)NCCC[N+](C)(C)CC(O)CC(=O)[O-]. The molecule has 0 aliphatic carbocycles. The molecule has 0 saturated carbocycles. The first-order chi connectivity index (χ1) is 9.50. The Bertz CT molecular complexity index is 354. The molecule has 0 aliphatic heterocycles. The molecule has 0 bridgehead atoms. The standard InChI is InChI=1S/C15H30N2O4/c1-6-15(2,3)14(21)16-8-7-9-17(4,5)11-12(18)10-13(19)20/h12,18H,6-11H2,1-5H3,(H-,16,19,20,21). The van der Waals surface area contributed by atoms with Gasteiger partial charge >= 0.3 is 0 Å².